The Bertz CT molecular complexity index is 1120. The van der Waals surface area contributed by atoms with E-state index in [1.165, 1.54) is 20.2 Å². The Balaban J connectivity index is 1.87. The van der Waals surface area contributed by atoms with E-state index in [-0.39, 0.29) is 0 Å². The molecular weight excluding hydrogens is 288 g/mol. The van der Waals surface area contributed by atoms with Gasteiger partial charge in [-0.2, -0.15) is 0 Å². The summed E-state index contributed by atoms with van der Waals surface area (Å²) in [4.78, 5) is 8.31. The number of aromatic amines is 1. The molecule has 22 heavy (non-hydrogen) atoms. The molecule has 0 fully saturated rings. The molecule has 104 valence electrons. The van der Waals surface area contributed by atoms with Crippen LogP contribution in [0.3, 0.4) is 0 Å². The molecule has 2 nitrogen and oxygen atoms in total. The zero-order chi connectivity index (χ0) is 14.5. The van der Waals surface area contributed by atoms with E-state index in [0.29, 0.717) is 0 Å². The average Bonchev–Trinajstić information content (AvgIpc) is 3.16. The van der Waals surface area contributed by atoms with Gasteiger partial charge in [0.2, 0.25) is 0 Å². The van der Waals surface area contributed by atoms with Gasteiger partial charge in [0.05, 0.1) is 10.2 Å². The quantitative estimate of drug-likeness (QED) is 0.429. The first-order valence-corrected chi connectivity index (χ1v) is 8.07. The Morgan fingerprint density at radius 1 is 0.773 bits per heavy atom. The first kappa shape index (κ1) is 12.0. The van der Waals surface area contributed by atoms with Crippen LogP contribution in [-0.4, -0.2) is 9.97 Å². The lowest BCUT2D eigenvalue weighted by Gasteiger charge is -1.93. The van der Waals surface area contributed by atoms with Crippen LogP contribution in [0.15, 0.2) is 66.7 Å². The predicted molar refractivity (Wildman–Crippen MR) is 94.4 cm³/mol. The summed E-state index contributed by atoms with van der Waals surface area (Å²) < 4.78 is 2.58. The second-order valence-electron chi connectivity index (χ2n) is 5.39. The summed E-state index contributed by atoms with van der Waals surface area (Å²) in [7, 11) is 0. The van der Waals surface area contributed by atoms with Crippen LogP contribution in [0.4, 0.5) is 0 Å². The summed E-state index contributed by atoms with van der Waals surface area (Å²) in [5.74, 6) is 0.931. The van der Waals surface area contributed by atoms with Crippen molar-refractivity contribution in [1.29, 1.82) is 0 Å². The highest BCUT2D eigenvalue weighted by molar-refractivity contribution is 7.26. The van der Waals surface area contributed by atoms with Gasteiger partial charge in [-0.05, 0) is 12.1 Å². The van der Waals surface area contributed by atoms with Crippen molar-refractivity contribution in [2.24, 2.45) is 0 Å². The summed E-state index contributed by atoms with van der Waals surface area (Å²) in [6.45, 7) is 0. The van der Waals surface area contributed by atoms with E-state index in [9.17, 15) is 0 Å². The number of nitrogens with zero attached hydrogens (tertiary/aromatic N) is 1. The van der Waals surface area contributed by atoms with Crippen LogP contribution in [0, 0.1) is 0 Å². The molecule has 5 rings (SSSR count). The van der Waals surface area contributed by atoms with Gasteiger partial charge in [0, 0.05) is 21.0 Å². The normalized spacial score (nSPS) is 11.6. The largest absolute Gasteiger partial charge is 0.338 e. The lowest BCUT2D eigenvalue weighted by molar-refractivity contribution is 1.34. The summed E-state index contributed by atoms with van der Waals surface area (Å²) >= 11 is 1.82. The summed E-state index contributed by atoms with van der Waals surface area (Å²) in [5.41, 5.74) is 3.28. The van der Waals surface area contributed by atoms with E-state index in [1.54, 1.807) is 0 Å². The fourth-order valence-electron chi connectivity index (χ4n) is 2.99. The van der Waals surface area contributed by atoms with Gasteiger partial charge < -0.3 is 4.98 Å². The number of H-pyrrole nitrogens is 1. The standard InChI is InChI=1S/C19H12N2S/c1-2-6-12(7-3-1)19-20-15-11-10-14-13-8-4-5-9-16(13)22-18(14)17(15)21-19/h1-11H,(H,20,21). The molecule has 0 saturated carbocycles. The molecule has 0 atom stereocenters. The molecule has 0 unspecified atom stereocenters. The third-order valence-electron chi connectivity index (χ3n) is 4.04. The molecule has 3 heteroatoms. The van der Waals surface area contributed by atoms with E-state index in [1.807, 2.05) is 29.5 Å². The van der Waals surface area contributed by atoms with Gasteiger partial charge in [-0.25, -0.2) is 4.98 Å². The molecule has 2 heterocycles. The number of imidazole rings is 1. The molecule has 0 aliphatic rings. The molecule has 0 aliphatic carbocycles. The van der Waals surface area contributed by atoms with Crippen LogP contribution in [0.1, 0.15) is 0 Å². The van der Waals surface area contributed by atoms with E-state index < -0.39 is 0 Å². The Morgan fingerprint density at radius 3 is 2.50 bits per heavy atom. The van der Waals surface area contributed by atoms with Gasteiger partial charge in [0.15, 0.2) is 0 Å². The minimum atomic E-state index is 0.931. The maximum absolute atomic E-state index is 4.86. The number of fused-ring (bicyclic) bond motifs is 5. The Morgan fingerprint density at radius 2 is 1.59 bits per heavy atom. The van der Waals surface area contributed by atoms with Gasteiger partial charge in [-0.3, -0.25) is 0 Å². The van der Waals surface area contributed by atoms with Crippen LogP contribution in [0.25, 0.3) is 42.6 Å². The SMILES string of the molecule is c1ccc(-c2nc3c(ccc4c5ccccc5sc43)[nH]2)cc1. The minimum absolute atomic E-state index is 0.931. The number of hydrogen-bond acceptors (Lipinski definition) is 2. The Labute approximate surface area is 131 Å². The molecule has 1 N–H and O–H groups in total. The highest BCUT2D eigenvalue weighted by Crippen LogP contribution is 2.38. The predicted octanol–water partition coefficient (Wildman–Crippen LogP) is 5.60. The molecule has 0 spiro atoms. The smallest absolute Gasteiger partial charge is 0.138 e. The van der Waals surface area contributed by atoms with Gasteiger partial charge in [-0.15, -0.1) is 11.3 Å². The molecule has 0 saturated heterocycles. The van der Waals surface area contributed by atoms with Crippen molar-refractivity contribution < 1.29 is 0 Å². The van der Waals surface area contributed by atoms with Crippen molar-refractivity contribution in [1.82, 2.24) is 9.97 Å². The Kier molecular flexibility index (Phi) is 2.40. The highest BCUT2D eigenvalue weighted by Gasteiger charge is 2.12. The molecule has 3 aromatic carbocycles. The zero-order valence-electron chi connectivity index (χ0n) is 11.7. The van der Waals surface area contributed by atoms with Gasteiger partial charge >= 0.3 is 0 Å². The monoisotopic (exact) mass is 300 g/mol. The van der Waals surface area contributed by atoms with Gasteiger partial charge in [0.1, 0.15) is 11.3 Å². The second-order valence-corrected chi connectivity index (χ2v) is 6.44. The van der Waals surface area contributed by atoms with E-state index in [4.69, 9.17) is 4.98 Å². The van der Waals surface area contributed by atoms with Crippen LogP contribution in [0.5, 0.6) is 0 Å². The molecule has 0 bridgehead atoms. The maximum Gasteiger partial charge on any atom is 0.138 e. The van der Waals surface area contributed by atoms with E-state index >= 15 is 0 Å². The zero-order valence-corrected chi connectivity index (χ0v) is 12.5. The van der Waals surface area contributed by atoms with Crippen LogP contribution in [0.2, 0.25) is 0 Å². The number of hydrogen-bond donors (Lipinski definition) is 1. The highest BCUT2D eigenvalue weighted by atomic mass is 32.1. The van der Waals surface area contributed by atoms with Crippen LogP contribution in [-0.2, 0) is 0 Å². The number of nitrogens with one attached hydrogen (secondary N) is 1. The lowest BCUT2D eigenvalue weighted by Crippen LogP contribution is -1.77. The molecule has 5 aromatic rings. The van der Waals surface area contributed by atoms with Crippen molar-refractivity contribution in [3.8, 4) is 11.4 Å². The van der Waals surface area contributed by atoms with Crippen molar-refractivity contribution in [3.63, 3.8) is 0 Å². The number of thiophene rings is 1. The number of aromatic nitrogens is 2. The van der Waals surface area contributed by atoms with Crippen LogP contribution >= 0.6 is 11.3 Å². The topological polar surface area (TPSA) is 28.7 Å². The average molecular weight is 300 g/mol. The third kappa shape index (κ3) is 1.63. The van der Waals surface area contributed by atoms with Crippen molar-refractivity contribution >= 4 is 42.5 Å². The fourth-order valence-corrected chi connectivity index (χ4v) is 4.18. The molecule has 0 radical (unpaired) electrons. The first-order valence-electron chi connectivity index (χ1n) is 7.25. The second kappa shape index (κ2) is 4.42. The summed E-state index contributed by atoms with van der Waals surface area (Å²) in [6.07, 6.45) is 0. The van der Waals surface area contributed by atoms with Gasteiger partial charge in [0.25, 0.3) is 0 Å². The first-order chi connectivity index (χ1) is 10.9. The maximum atomic E-state index is 4.86. The minimum Gasteiger partial charge on any atom is -0.338 e. The lowest BCUT2D eigenvalue weighted by atomic mass is 10.1. The third-order valence-corrected chi connectivity index (χ3v) is 5.24. The number of rotatable bonds is 1. The fraction of sp³-hybridized carbons (Fsp3) is 0. The Hall–Kier alpha value is -2.65. The molecule has 0 amide bonds. The van der Waals surface area contributed by atoms with Crippen molar-refractivity contribution in [2.75, 3.05) is 0 Å². The summed E-state index contributed by atoms with van der Waals surface area (Å²) in [6, 6.07) is 23.2. The van der Waals surface area contributed by atoms with Gasteiger partial charge in [-0.1, -0.05) is 54.6 Å². The number of benzene rings is 3. The molecular formula is C19H12N2S. The van der Waals surface area contributed by atoms with E-state index in [2.05, 4.69) is 53.5 Å². The summed E-state index contributed by atoms with van der Waals surface area (Å²) in [5, 5.41) is 2.60. The van der Waals surface area contributed by atoms with Crippen molar-refractivity contribution in [2.45, 2.75) is 0 Å². The van der Waals surface area contributed by atoms with Crippen molar-refractivity contribution in [3.05, 3.63) is 66.7 Å². The van der Waals surface area contributed by atoms with E-state index in [0.717, 1.165) is 22.4 Å². The van der Waals surface area contributed by atoms with Crippen LogP contribution < -0.4 is 0 Å². The molecule has 2 aromatic heterocycles. The molecule has 0 aliphatic heterocycles.